The molecule has 0 aromatic carbocycles. The molecule has 32 heavy (non-hydrogen) atoms. The minimum Gasteiger partial charge on any atom is -0.378 e. The van der Waals surface area contributed by atoms with E-state index in [2.05, 4.69) is 31.7 Å². The predicted molar refractivity (Wildman–Crippen MR) is 127 cm³/mol. The molecule has 0 atom stereocenters. The number of rotatable bonds is 4. The summed E-state index contributed by atoms with van der Waals surface area (Å²) in [4.78, 5) is 29.8. The van der Waals surface area contributed by atoms with Crippen molar-refractivity contribution in [1.29, 1.82) is 0 Å². The van der Waals surface area contributed by atoms with E-state index in [4.69, 9.17) is 9.72 Å². The highest BCUT2D eigenvalue weighted by atomic mass is 32.1. The van der Waals surface area contributed by atoms with Crippen LogP contribution in [0.1, 0.15) is 29.7 Å². The number of carbonyl (C=O) groups excluding carboxylic acids is 1. The van der Waals surface area contributed by atoms with Crippen LogP contribution in [0.3, 0.4) is 0 Å². The molecule has 3 aliphatic heterocycles. The highest BCUT2D eigenvalue weighted by molar-refractivity contribution is 7.18. The van der Waals surface area contributed by atoms with Gasteiger partial charge in [0.25, 0.3) is 0 Å². The second-order valence-electron chi connectivity index (χ2n) is 9.59. The lowest BCUT2D eigenvalue weighted by Gasteiger charge is -2.43. The van der Waals surface area contributed by atoms with Crippen molar-refractivity contribution in [2.75, 3.05) is 70.5 Å². The second-order valence-corrected chi connectivity index (χ2v) is 10.7. The molecule has 172 valence electrons. The lowest BCUT2D eigenvalue weighted by molar-refractivity contribution is -0.135. The van der Waals surface area contributed by atoms with Gasteiger partial charge in [-0.1, -0.05) is 6.42 Å². The van der Waals surface area contributed by atoms with Gasteiger partial charge in [-0.3, -0.25) is 14.6 Å². The van der Waals surface area contributed by atoms with Gasteiger partial charge in [0.15, 0.2) is 0 Å². The molecule has 0 bridgehead atoms. The Balaban J connectivity index is 1.09. The first kappa shape index (κ1) is 20.8. The van der Waals surface area contributed by atoms with Crippen molar-refractivity contribution in [2.24, 2.45) is 0 Å². The maximum Gasteiger partial charge on any atom is 0.236 e. The number of thiophene rings is 1. The maximum absolute atomic E-state index is 13.0. The van der Waals surface area contributed by atoms with Crippen molar-refractivity contribution in [3.05, 3.63) is 22.6 Å². The van der Waals surface area contributed by atoms with Crippen LogP contribution < -0.4 is 4.90 Å². The van der Waals surface area contributed by atoms with Crippen molar-refractivity contribution in [3.63, 3.8) is 0 Å². The molecule has 7 nitrogen and oxygen atoms in total. The van der Waals surface area contributed by atoms with Gasteiger partial charge >= 0.3 is 0 Å². The van der Waals surface area contributed by atoms with Gasteiger partial charge in [-0.05, 0) is 37.0 Å². The quantitative estimate of drug-likeness (QED) is 0.705. The molecule has 1 amide bonds. The predicted octanol–water partition coefficient (Wildman–Crippen LogP) is 2.19. The van der Waals surface area contributed by atoms with Gasteiger partial charge in [-0.15, -0.1) is 11.3 Å². The first-order valence-corrected chi connectivity index (χ1v) is 13.0. The third kappa shape index (κ3) is 4.02. The van der Waals surface area contributed by atoms with Crippen molar-refractivity contribution >= 4 is 33.3 Å². The molecule has 6 rings (SSSR count). The van der Waals surface area contributed by atoms with Crippen molar-refractivity contribution in [3.8, 4) is 0 Å². The van der Waals surface area contributed by atoms with Crippen LogP contribution in [-0.2, 0) is 22.5 Å². The molecular formula is C24H33N5O2S. The Labute approximate surface area is 193 Å². The number of morpholine rings is 1. The average Bonchev–Trinajstić information content (AvgIpc) is 3.16. The van der Waals surface area contributed by atoms with Gasteiger partial charge < -0.3 is 14.5 Å². The summed E-state index contributed by atoms with van der Waals surface area (Å²) in [5, 5.41) is 1.31. The Bertz CT molecular complexity index is 976. The molecule has 2 aromatic rings. The van der Waals surface area contributed by atoms with Gasteiger partial charge in [0, 0.05) is 68.7 Å². The van der Waals surface area contributed by atoms with Crippen LogP contribution >= 0.6 is 11.3 Å². The number of nitrogens with zero attached hydrogens (tertiary/aromatic N) is 5. The number of anilines is 1. The number of ether oxygens (including phenoxy) is 1. The molecule has 0 N–H and O–H groups in total. The van der Waals surface area contributed by atoms with Crippen LogP contribution in [0.5, 0.6) is 0 Å². The van der Waals surface area contributed by atoms with Gasteiger partial charge in [-0.2, -0.15) is 0 Å². The lowest BCUT2D eigenvalue weighted by atomic mass is 9.91. The Morgan fingerprint density at radius 1 is 1.06 bits per heavy atom. The smallest absolute Gasteiger partial charge is 0.236 e. The number of pyridine rings is 1. The number of carbonyl (C=O) groups is 1. The zero-order valence-electron chi connectivity index (χ0n) is 18.8. The van der Waals surface area contributed by atoms with Crippen LogP contribution in [0.25, 0.3) is 10.2 Å². The summed E-state index contributed by atoms with van der Waals surface area (Å²) in [5.41, 5.74) is 1.45. The van der Waals surface area contributed by atoms with Gasteiger partial charge in [0.05, 0.1) is 19.8 Å². The van der Waals surface area contributed by atoms with E-state index in [0.29, 0.717) is 12.5 Å². The summed E-state index contributed by atoms with van der Waals surface area (Å²) >= 11 is 1.81. The molecule has 3 fully saturated rings. The summed E-state index contributed by atoms with van der Waals surface area (Å²) < 4.78 is 5.48. The number of piperazine rings is 1. The molecule has 0 spiro atoms. The van der Waals surface area contributed by atoms with E-state index in [1.807, 2.05) is 11.3 Å². The standard InChI is InChI=1S/C24H33N5O2S/c30-23(29-10-8-27(9-11-29)18-2-1-3-18)17-26-7-6-19-20-4-5-22(28-12-14-31-15-13-28)25-24(20)32-21(19)16-26/h4-5,18H,1-3,6-17H2. The van der Waals surface area contributed by atoms with Crippen molar-refractivity contribution in [1.82, 2.24) is 19.7 Å². The van der Waals surface area contributed by atoms with Crippen molar-refractivity contribution in [2.45, 2.75) is 38.3 Å². The van der Waals surface area contributed by atoms with Crippen molar-refractivity contribution < 1.29 is 9.53 Å². The molecule has 1 saturated carbocycles. The van der Waals surface area contributed by atoms with E-state index in [9.17, 15) is 4.79 Å². The summed E-state index contributed by atoms with van der Waals surface area (Å²) in [6.45, 7) is 9.64. The Kier molecular flexibility index (Phi) is 5.79. The molecule has 2 aromatic heterocycles. The van der Waals surface area contributed by atoms with Crippen LogP contribution in [0.4, 0.5) is 5.82 Å². The summed E-state index contributed by atoms with van der Waals surface area (Å²) in [7, 11) is 0. The topological polar surface area (TPSA) is 52.2 Å². The number of hydrogen-bond donors (Lipinski definition) is 0. The second kappa shape index (κ2) is 8.89. The normalized spacial score (nSPS) is 23.4. The molecule has 0 radical (unpaired) electrons. The van der Waals surface area contributed by atoms with Crippen LogP contribution in [0, 0.1) is 0 Å². The van der Waals surface area contributed by atoms with E-state index >= 15 is 0 Å². The Hall–Kier alpha value is -1.74. The Morgan fingerprint density at radius 3 is 2.62 bits per heavy atom. The Morgan fingerprint density at radius 2 is 1.88 bits per heavy atom. The van der Waals surface area contributed by atoms with E-state index in [0.717, 1.165) is 88.7 Å². The zero-order valence-corrected chi connectivity index (χ0v) is 19.6. The van der Waals surface area contributed by atoms with E-state index in [1.165, 1.54) is 35.1 Å². The molecule has 8 heteroatoms. The first-order chi connectivity index (χ1) is 15.7. The van der Waals surface area contributed by atoms with E-state index in [1.54, 1.807) is 0 Å². The number of aromatic nitrogens is 1. The summed E-state index contributed by atoms with van der Waals surface area (Å²) in [5.74, 6) is 1.36. The van der Waals surface area contributed by atoms with Gasteiger partial charge in [0.2, 0.25) is 5.91 Å². The third-order valence-electron chi connectivity index (χ3n) is 7.72. The average molecular weight is 456 g/mol. The number of amides is 1. The molecular weight excluding hydrogens is 422 g/mol. The molecule has 1 aliphatic carbocycles. The van der Waals surface area contributed by atoms with Crippen LogP contribution in [0.2, 0.25) is 0 Å². The summed E-state index contributed by atoms with van der Waals surface area (Å²) in [6, 6.07) is 5.21. The lowest BCUT2D eigenvalue weighted by Crippen LogP contribution is -2.55. The van der Waals surface area contributed by atoms with Crippen LogP contribution in [0.15, 0.2) is 12.1 Å². The van der Waals surface area contributed by atoms with E-state index in [-0.39, 0.29) is 0 Å². The third-order valence-corrected chi connectivity index (χ3v) is 8.85. The molecule has 0 unspecified atom stereocenters. The van der Waals surface area contributed by atoms with Gasteiger partial charge in [0.1, 0.15) is 10.6 Å². The zero-order chi connectivity index (χ0) is 21.5. The minimum absolute atomic E-state index is 0.301. The summed E-state index contributed by atoms with van der Waals surface area (Å²) in [6.07, 6.45) is 5.09. The number of fused-ring (bicyclic) bond motifs is 3. The fourth-order valence-corrected chi connectivity index (χ4v) is 6.76. The fraction of sp³-hybridized carbons (Fsp3) is 0.667. The molecule has 4 aliphatic rings. The number of hydrogen-bond acceptors (Lipinski definition) is 7. The highest BCUT2D eigenvalue weighted by Gasteiger charge is 2.30. The van der Waals surface area contributed by atoms with E-state index < -0.39 is 0 Å². The monoisotopic (exact) mass is 455 g/mol. The first-order valence-electron chi connectivity index (χ1n) is 12.2. The van der Waals surface area contributed by atoms with Gasteiger partial charge in [-0.25, -0.2) is 4.98 Å². The van der Waals surface area contributed by atoms with Crippen LogP contribution in [-0.4, -0.2) is 97.2 Å². The SMILES string of the molecule is O=C(CN1CCc2c(sc3nc(N4CCOCC4)ccc23)C1)N1CCN(C2CCC2)CC1. The highest BCUT2D eigenvalue weighted by Crippen LogP contribution is 2.35. The maximum atomic E-state index is 13.0. The fourth-order valence-electron chi connectivity index (χ4n) is 5.50. The minimum atomic E-state index is 0.301. The molecule has 5 heterocycles. The largest absolute Gasteiger partial charge is 0.378 e. The molecule has 2 saturated heterocycles.